The number of carbonyl (C=O) groups is 1. The molecule has 0 unspecified atom stereocenters. The molecule has 2 aromatic carbocycles. The van der Waals surface area contributed by atoms with Gasteiger partial charge >= 0.3 is 0 Å². The van der Waals surface area contributed by atoms with Gasteiger partial charge in [0.05, 0.1) is 0 Å². The Balaban J connectivity index is 2.59. The van der Waals surface area contributed by atoms with Crippen LogP contribution in [0.1, 0.15) is 43.7 Å². The lowest BCUT2D eigenvalue weighted by molar-refractivity contribution is -0.119. The quantitative estimate of drug-likeness (QED) is 0.719. The van der Waals surface area contributed by atoms with Crippen molar-refractivity contribution < 1.29 is 4.79 Å². The van der Waals surface area contributed by atoms with Gasteiger partial charge in [-0.25, -0.2) is 0 Å². The smallest absolute Gasteiger partial charge is 0.218 e. The molecule has 1 amide bonds. The van der Waals surface area contributed by atoms with E-state index in [2.05, 4.69) is 6.92 Å². The molecule has 0 heterocycles. The van der Waals surface area contributed by atoms with Gasteiger partial charge in [-0.15, -0.1) is 0 Å². The summed E-state index contributed by atoms with van der Waals surface area (Å²) in [4.78, 5) is 11.8. The zero-order valence-electron chi connectivity index (χ0n) is 13.2. The van der Waals surface area contributed by atoms with Gasteiger partial charge in [0, 0.05) is 21.9 Å². The standard InChI is InChI=1S/C19H21Cl2NO/c1-2-3-12-19(13-18(22)23,14-4-8-16(20)9-5-14)15-6-10-17(21)11-7-15/h4-11H,2-3,12-13H2,1H3,(H2,22,23). The fourth-order valence-electron chi connectivity index (χ4n) is 3.06. The molecule has 0 fully saturated rings. The van der Waals surface area contributed by atoms with Gasteiger partial charge in [0.2, 0.25) is 5.91 Å². The predicted molar refractivity (Wildman–Crippen MR) is 97.0 cm³/mol. The molecule has 0 saturated carbocycles. The molecule has 0 atom stereocenters. The zero-order valence-corrected chi connectivity index (χ0v) is 14.7. The highest BCUT2D eigenvalue weighted by atomic mass is 35.5. The van der Waals surface area contributed by atoms with Crippen LogP contribution in [0.4, 0.5) is 0 Å². The number of amides is 1. The van der Waals surface area contributed by atoms with Crippen LogP contribution in [0.5, 0.6) is 0 Å². The third kappa shape index (κ3) is 4.27. The van der Waals surface area contributed by atoms with Crippen LogP contribution in [0, 0.1) is 0 Å². The summed E-state index contributed by atoms with van der Waals surface area (Å²) in [5.74, 6) is -0.314. The highest BCUT2D eigenvalue weighted by molar-refractivity contribution is 6.30. The first kappa shape index (κ1) is 17.8. The van der Waals surface area contributed by atoms with Gasteiger partial charge in [0.25, 0.3) is 0 Å². The van der Waals surface area contributed by atoms with Gasteiger partial charge in [0.15, 0.2) is 0 Å². The predicted octanol–water partition coefficient (Wildman–Crippen LogP) is 5.35. The Morgan fingerprint density at radius 1 is 0.957 bits per heavy atom. The Bertz CT molecular complexity index is 605. The van der Waals surface area contributed by atoms with Crippen molar-refractivity contribution in [2.75, 3.05) is 0 Å². The molecule has 0 aliphatic rings. The Morgan fingerprint density at radius 3 is 1.74 bits per heavy atom. The van der Waals surface area contributed by atoms with E-state index in [1.807, 2.05) is 48.5 Å². The number of hydrogen-bond donors (Lipinski definition) is 1. The molecule has 4 heteroatoms. The molecule has 0 aromatic heterocycles. The monoisotopic (exact) mass is 349 g/mol. The second-order valence-electron chi connectivity index (χ2n) is 5.84. The van der Waals surface area contributed by atoms with E-state index in [1.165, 1.54) is 0 Å². The van der Waals surface area contributed by atoms with Crippen LogP contribution >= 0.6 is 23.2 Å². The van der Waals surface area contributed by atoms with Crippen LogP contribution < -0.4 is 5.73 Å². The molecule has 0 bridgehead atoms. The van der Waals surface area contributed by atoms with Crippen LogP contribution in [-0.4, -0.2) is 5.91 Å². The maximum atomic E-state index is 11.8. The van der Waals surface area contributed by atoms with Crippen molar-refractivity contribution in [1.29, 1.82) is 0 Å². The number of hydrogen-bond acceptors (Lipinski definition) is 1. The van der Waals surface area contributed by atoms with E-state index < -0.39 is 5.41 Å². The van der Waals surface area contributed by atoms with Crippen molar-refractivity contribution >= 4 is 29.1 Å². The minimum absolute atomic E-state index is 0.260. The third-order valence-electron chi connectivity index (χ3n) is 4.23. The maximum Gasteiger partial charge on any atom is 0.218 e. The van der Waals surface area contributed by atoms with Crippen LogP contribution in [0.2, 0.25) is 10.0 Å². The van der Waals surface area contributed by atoms with Gasteiger partial charge < -0.3 is 5.73 Å². The first-order chi connectivity index (χ1) is 11.0. The van der Waals surface area contributed by atoms with Gasteiger partial charge in [-0.3, -0.25) is 4.79 Å². The molecule has 0 saturated heterocycles. The molecule has 2 rings (SSSR count). The van der Waals surface area contributed by atoms with E-state index in [0.29, 0.717) is 10.0 Å². The summed E-state index contributed by atoms with van der Waals surface area (Å²) >= 11 is 12.1. The zero-order chi connectivity index (χ0) is 16.9. The van der Waals surface area contributed by atoms with Crippen LogP contribution in [0.3, 0.4) is 0 Å². The van der Waals surface area contributed by atoms with E-state index in [9.17, 15) is 4.79 Å². The topological polar surface area (TPSA) is 43.1 Å². The molecule has 2 N–H and O–H groups in total. The molecular weight excluding hydrogens is 329 g/mol. The molecule has 23 heavy (non-hydrogen) atoms. The van der Waals surface area contributed by atoms with Crippen LogP contribution in [-0.2, 0) is 10.2 Å². The van der Waals surface area contributed by atoms with Crippen molar-refractivity contribution in [2.24, 2.45) is 5.73 Å². The van der Waals surface area contributed by atoms with Gasteiger partial charge in [0.1, 0.15) is 0 Å². The maximum absolute atomic E-state index is 11.8. The van der Waals surface area contributed by atoms with E-state index in [4.69, 9.17) is 28.9 Å². The lowest BCUT2D eigenvalue weighted by Crippen LogP contribution is -2.33. The average Bonchev–Trinajstić information content (AvgIpc) is 2.52. The van der Waals surface area contributed by atoms with Gasteiger partial charge in [-0.2, -0.15) is 0 Å². The third-order valence-corrected chi connectivity index (χ3v) is 4.73. The van der Waals surface area contributed by atoms with E-state index in [1.54, 1.807) is 0 Å². The van der Waals surface area contributed by atoms with Crippen molar-refractivity contribution in [3.63, 3.8) is 0 Å². The van der Waals surface area contributed by atoms with Crippen molar-refractivity contribution in [3.05, 3.63) is 69.7 Å². The number of carbonyl (C=O) groups excluding carboxylic acids is 1. The summed E-state index contributed by atoms with van der Waals surface area (Å²) in [6.45, 7) is 2.14. The lowest BCUT2D eigenvalue weighted by atomic mass is 9.68. The fourth-order valence-corrected chi connectivity index (χ4v) is 3.31. The highest BCUT2D eigenvalue weighted by Gasteiger charge is 2.35. The molecule has 0 spiro atoms. The Hall–Kier alpha value is -1.51. The van der Waals surface area contributed by atoms with Crippen molar-refractivity contribution in [2.45, 2.75) is 38.0 Å². The summed E-state index contributed by atoms with van der Waals surface area (Å²) in [7, 11) is 0. The van der Waals surface area contributed by atoms with Gasteiger partial charge in [-0.1, -0.05) is 67.2 Å². The number of primary amides is 1. The molecule has 0 aliphatic heterocycles. The van der Waals surface area contributed by atoms with Crippen molar-refractivity contribution in [1.82, 2.24) is 0 Å². The number of benzene rings is 2. The lowest BCUT2D eigenvalue weighted by Gasteiger charge is -2.34. The molecule has 2 aromatic rings. The van der Waals surface area contributed by atoms with E-state index in [-0.39, 0.29) is 12.3 Å². The molecule has 0 aliphatic carbocycles. The summed E-state index contributed by atoms with van der Waals surface area (Å²) < 4.78 is 0. The van der Waals surface area contributed by atoms with Gasteiger partial charge in [-0.05, 0) is 41.8 Å². The second kappa shape index (κ2) is 7.85. The normalized spacial score (nSPS) is 11.4. The van der Waals surface area contributed by atoms with Crippen LogP contribution in [0.15, 0.2) is 48.5 Å². The number of unbranched alkanes of at least 4 members (excludes halogenated alkanes) is 1. The largest absolute Gasteiger partial charge is 0.370 e. The molecule has 0 radical (unpaired) electrons. The van der Waals surface area contributed by atoms with Crippen LogP contribution in [0.25, 0.3) is 0 Å². The first-order valence-corrected chi connectivity index (χ1v) is 8.54. The number of nitrogens with two attached hydrogens (primary N) is 1. The first-order valence-electron chi connectivity index (χ1n) is 7.78. The summed E-state index contributed by atoms with van der Waals surface area (Å²) in [6.07, 6.45) is 3.15. The molecule has 2 nitrogen and oxygen atoms in total. The Labute approximate surface area is 147 Å². The molecular formula is C19H21Cl2NO. The van der Waals surface area contributed by atoms with E-state index >= 15 is 0 Å². The van der Waals surface area contributed by atoms with Crippen molar-refractivity contribution in [3.8, 4) is 0 Å². The van der Waals surface area contributed by atoms with E-state index in [0.717, 1.165) is 30.4 Å². The number of halogens is 2. The summed E-state index contributed by atoms with van der Waals surface area (Å²) in [5.41, 5.74) is 7.25. The number of rotatable bonds is 7. The second-order valence-corrected chi connectivity index (χ2v) is 6.72. The molecule has 122 valence electrons. The highest BCUT2D eigenvalue weighted by Crippen LogP contribution is 2.41. The average molecular weight is 350 g/mol. The minimum atomic E-state index is -0.447. The SMILES string of the molecule is CCCCC(CC(N)=O)(c1ccc(Cl)cc1)c1ccc(Cl)cc1. The summed E-state index contributed by atoms with van der Waals surface area (Å²) in [5, 5.41) is 1.35. The minimum Gasteiger partial charge on any atom is -0.370 e. The Kier molecular flexibility index (Phi) is 6.09. The fraction of sp³-hybridized carbons (Fsp3) is 0.316. The summed E-state index contributed by atoms with van der Waals surface area (Å²) in [6, 6.07) is 15.3. The Morgan fingerprint density at radius 2 is 1.39 bits per heavy atom.